The normalized spacial score (nSPS) is 12.1. The average molecular weight is 279 g/mol. The number of thioether (sulfide) groups is 1. The monoisotopic (exact) mass is 278 g/mol. The van der Waals surface area contributed by atoms with Crippen LogP contribution in [0.25, 0.3) is 0 Å². The van der Waals surface area contributed by atoms with Crippen molar-refractivity contribution in [2.24, 2.45) is 0 Å². The predicted octanol–water partition coefficient (Wildman–Crippen LogP) is 3.49. The first-order valence-electron chi connectivity index (χ1n) is 5.39. The van der Waals surface area contributed by atoms with Gasteiger partial charge in [0, 0.05) is 16.8 Å². The lowest BCUT2D eigenvalue weighted by Gasteiger charge is -2.09. The number of hydrogen-bond donors (Lipinski definition) is 0. The zero-order valence-electron chi connectivity index (χ0n) is 9.71. The number of ketones is 1. The van der Waals surface area contributed by atoms with E-state index in [0.717, 1.165) is 5.03 Å². The molecule has 1 unspecified atom stereocenters. The van der Waals surface area contributed by atoms with E-state index < -0.39 is 0 Å². The van der Waals surface area contributed by atoms with Crippen LogP contribution in [0.5, 0.6) is 0 Å². The van der Waals surface area contributed by atoms with Crippen LogP contribution in [0.4, 0.5) is 0 Å². The van der Waals surface area contributed by atoms with E-state index in [0.29, 0.717) is 10.6 Å². The standard InChI is InChI=1S/C13H11ClN2OS/c1-9(18-12-5-6-15-8-16-12)13(17)10-3-2-4-11(14)7-10/h2-9H,1H3. The molecule has 18 heavy (non-hydrogen) atoms. The van der Waals surface area contributed by atoms with Gasteiger partial charge in [0.15, 0.2) is 5.78 Å². The maximum absolute atomic E-state index is 12.2. The van der Waals surface area contributed by atoms with Crippen LogP contribution in [-0.2, 0) is 0 Å². The summed E-state index contributed by atoms with van der Waals surface area (Å²) < 4.78 is 0. The quantitative estimate of drug-likeness (QED) is 0.488. The fraction of sp³-hybridized carbons (Fsp3) is 0.154. The minimum absolute atomic E-state index is 0.0427. The lowest BCUT2D eigenvalue weighted by Crippen LogP contribution is -2.13. The van der Waals surface area contributed by atoms with Crippen LogP contribution in [0.3, 0.4) is 0 Å². The van der Waals surface area contributed by atoms with Crippen LogP contribution >= 0.6 is 23.4 Å². The smallest absolute Gasteiger partial charge is 0.175 e. The van der Waals surface area contributed by atoms with Crippen LogP contribution < -0.4 is 0 Å². The average Bonchev–Trinajstić information content (AvgIpc) is 2.39. The van der Waals surface area contributed by atoms with Crippen molar-refractivity contribution < 1.29 is 4.79 Å². The van der Waals surface area contributed by atoms with Crippen LogP contribution in [0.1, 0.15) is 17.3 Å². The van der Waals surface area contributed by atoms with E-state index in [-0.39, 0.29) is 11.0 Å². The first-order chi connectivity index (χ1) is 8.66. The van der Waals surface area contributed by atoms with Crippen molar-refractivity contribution in [3.8, 4) is 0 Å². The largest absolute Gasteiger partial charge is 0.293 e. The molecule has 1 aromatic heterocycles. The van der Waals surface area contributed by atoms with Crippen LogP contribution in [-0.4, -0.2) is 21.0 Å². The van der Waals surface area contributed by atoms with Crippen molar-refractivity contribution in [3.05, 3.63) is 53.4 Å². The van der Waals surface area contributed by atoms with E-state index in [9.17, 15) is 4.79 Å². The lowest BCUT2D eigenvalue weighted by atomic mass is 10.1. The Hall–Kier alpha value is -1.39. The van der Waals surface area contributed by atoms with Gasteiger partial charge in [0.2, 0.25) is 0 Å². The summed E-state index contributed by atoms with van der Waals surface area (Å²) in [4.78, 5) is 20.1. The SMILES string of the molecule is CC(Sc1ccncn1)C(=O)c1cccc(Cl)c1. The topological polar surface area (TPSA) is 42.9 Å². The molecule has 2 aromatic rings. The lowest BCUT2D eigenvalue weighted by molar-refractivity contribution is 0.0994. The second-order valence-corrected chi connectivity index (χ2v) is 5.48. The maximum Gasteiger partial charge on any atom is 0.175 e. The van der Waals surface area contributed by atoms with Gasteiger partial charge in [0.1, 0.15) is 11.4 Å². The van der Waals surface area contributed by atoms with Gasteiger partial charge in [-0.1, -0.05) is 35.5 Å². The number of aromatic nitrogens is 2. The first kappa shape index (κ1) is 13.1. The fourth-order valence-corrected chi connectivity index (χ4v) is 2.50. The summed E-state index contributed by atoms with van der Waals surface area (Å²) in [5, 5.41) is 1.14. The number of Topliss-reactive ketones (excluding diaryl/α,β-unsaturated/α-hetero) is 1. The molecule has 0 spiro atoms. The van der Waals surface area contributed by atoms with Crippen molar-refractivity contribution in [2.45, 2.75) is 17.2 Å². The van der Waals surface area contributed by atoms with E-state index >= 15 is 0 Å². The maximum atomic E-state index is 12.2. The molecule has 2 rings (SSSR count). The Morgan fingerprint density at radius 2 is 2.22 bits per heavy atom. The molecule has 0 radical (unpaired) electrons. The van der Waals surface area contributed by atoms with Gasteiger partial charge in [-0.25, -0.2) is 9.97 Å². The van der Waals surface area contributed by atoms with Gasteiger partial charge in [-0.3, -0.25) is 4.79 Å². The molecule has 5 heteroatoms. The zero-order valence-corrected chi connectivity index (χ0v) is 11.3. The molecule has 0 N–H and O–H groups in total. The van der Waals surface area contributed by atoms with Gasteiger partial charge in [-0.05, 0) is 25.1 Å². The van der Waals surface area contributed by atoms with Crippen molar-refractivity contribution in [1.29, 1.82) is 0 Å². The second kappa shape index (κ2) is 5.98. The van der Waals surface area contributed by atoms with Gasteiger partial charge < -0.3 is 0 Å². The highest BCUT2D eigenvalue weighted by Gasteiger charge is 2.17. The van der Waals surface area contributed by atoms with Crippen molar-refractivity contribution >= 4 is 29.1 Å². The first-order valence-corrected chi connectivity index (χ1v) is 6.65. The fourth-order valence-electron chi connectivity index (χ4n) is 1.46. The molecule has 0 amide bonds. The highest BCUT2D eigenvalue weighted by molar-refractivity contribution is 8.00. The van der Waals surface area contributed by atoms with E-state index in [1.165, 1.54) is 18.1 Å². The van der Waals surface area contributed by atoms with Gasteiger partial charge in [0.05, 0.1) is 5.25 Å². The highest BCUT2D eigenvalue weighted by atomic mass is 35.5. The summed E-state index contributed by atoms with van der Waals surface area (Å²) in [7, 11) is 0. The van der Waals surface area contributed by atoms with Gasteiger partial charge in [-0.15, -0.1) is 0 Å². The van der Waals surface area contributed by atoms with E-state index in [2.05, 4.69) is 9.97 Å². The molecule has 0 aliphatic heterocycles. The number of hydrogen-bond acceptors (Lipinski definition) is 4. The van der Waals surface area contributed by atoms with Gasteiger partial charge in [0.25, 0.3) is 0 Å². The Bertz CT molecular complexity index is 548. The van der Waals surface area contributed by atoms with Crippen LogP contribution in [0, 0.1) is 0 Å². The van der Waals surface area contributed by atoms with E-state index in [1.54, 1.807) is 36.5 Å². The zero-order chi connectivity index (χ0) is 13.0. The van der Waals surface area contributed by atoms with Crippen molar-refractivity contribution in [1.82, 2.24) is 9.97 Å². The molecule has 1 heterocycles. The summed E-state index contributed by atoms with van der Waals surface area (Å²) in [6, 6.07) is 8.76. The number of benzene rings is 1. The molecule has 92 valence electrons. The molecule has 0 aliphatic carbocycles. The number of nitrogens with zero attached hydrogens (tertiary/aromatic N) is 2. The Morgan fingerprint density at radius 1 is 1.39 bits per heavy atom. The molecule has 1 aromatic carbocycles. The third-order valence-electron chi connectivity index (χ3n) is 2.33. The van der Waals surface area contributed by atoms with Crippen LogP contribution in [0.2, 0.25) is 5.02 Å². The Balaban J connectivity index is 2.10. The summed E-state index contributed by atoms with van der Waals surface area (Å²) in [5.74, 6) is 0.0427. The van der Waals surface area contributed by atoms with Crippen molar-refractivity contribution in [2.75, 3.05) is 0 Å². The van der Waals surface area contributed by atoms with Gasteiger partial charge in [-0.2, -0.15) is 0 Å². The molecule has 0 saturated carbocycles. The summed E-state index contributed by atoms with van der Waals surface area (Å²) in [6.45, 7) is 1.86. The summed E-state index contributed by atoms with van der Waals surface area (Å²) in [5.41, 5.74) is 0.622. The van der Waals surface area contributed by atoms with Gasteiger partial charge >= 0.3 is 0 Å². The summed E-state index contributed by atoms with van der Waals surface area (Å²) >= 11 is 7.28. The molecule has 0 bridgehead atoms. The van der Waals surface area contributed by atoms with E-state index in [1.807, 2.05) is 6.92 Å². The number of carbonyl (C=O) groups is 1. The van der Waals surface area contributed by atoms with E-state index in [4.69, 9.17) is 11.6 Å². The second-order valence-electron chi connectivity index (χ2n) is 3.68. The molecule has 0 aliphatic rings. The molecular formula is C13H11ClN2OS. The molecular weight excluding hydrogens is 268 g/mol. The number of halogens is 1. The minimum atomic E-state index is -0.210. The highest BCUT2D eigenvalue weighted by Crippen LogP contribution is 2.24. The van der Waals surface area contributed by atoms with Crippen LogP contribution in [0.15, 0.2) is 47.9 Å². The number of carbonyl (C=O) groups excluding carboxylic acids is 1. The number of rotatable bonds is 4. The Labute approximate surface area is 115 Å². The minimum Gasteiger partial charge on any atom is -0.293 e. The molecule has 0 saturated heterocycles. The predicted molar refractivity (Wildman–Crippen MR) is 73.1 cm³/mol. The molecule has 0 fully saturated rings. The third-order valence-corrected chi connectivity index (χ3v) is 3.62. The molecule has 1 atom stereocenters. The Morgan fingerprint density at radius 3 is 2.89 bits per heavy atom. The third kappa shape index (κ3) is 3.31. The summed E-state index contributed by atoms with van der Waals surface area (Å²) in [6.07, 6.45) is 3.13. The Kier molecular flexibility index (Phi) is 4.33. The molecule has 3 nitrogen and oxygen atoms in total. The van der Waals surface area contributed by atoms with Crippen molar-refractivity contribution in [3.63, 3.8) is 0 Å².